The number of hydrogen-bond donors (Lipinski definition) is 0. The molecule has 1 amide bonds. The monoisotopic (exact) mass is 284 g/mol. The van der Waals surface area contributed by atoms with Crippen molar-refractivity contribution in [3.63, 3.8) is 0 Å². The lowest BCUT2D eigenvalue weighted by Gasteiger charge is -2.34. The van der Waals surface area contributed by atoms with Crippen LogP contribution in [0.5, 0.6) is 0 Å². The van der Waals surface area contributed by atoms with Crippen LogP contribution in [-0.4, -0.2) is 54.7 Å². The van der Waals surface area contributed by atoms with Gasteiger partial charge in [0.1, 0.15) is 5.60 Å². The van der Waals surface area contributed by atoms with Gasteiger partial charge in [-0.25, -0.2) is 4.79 Å². The Kier molecular flexibility index (Phi) is 6.31. The number of carbonyl (C=O) groups is 1. The summed E-state index contributed by atoms with van der Waals surface area (Å²) < 4.78 is 5.36. The lowest BCUT2D eigenvalue weighted by molar-refractivity contribution is 0.0275. The summed E-state index contributed by atoms with van der Waals surface area (Å²) >= 11 is 0. The third-order valence-corrected chi connectivity index (χ3v) is 4.10. The van der Waals surface area contributed by atoms with Gasteiger partial charge in [0.05, 0.1) is 0 Å². The molecule has 1 aliphatic carbocycles. The smallest absolute Gasteiger partial charge is 0.410 e. The van der Waals surface area contributed by atoms with Gasteiger partial charge in [-0.05, 0) is 59.4 Å². The van der Waals surface area contributed by atoms with Crippen molar-refractivity contribution >= 4 is 6.09 Å². The van der Waals surface area contributed by atoms with Gasteiger partial charge >= 0.3 is 6.09 Å². The summed E-state index contributed by atoms with van der Waals surface area (Å²) in [5.74, 6) is 0.879. The number of hydrogen-bond acceptors (Lipinski definition) is 3. The lowest BCUT2D eigenvalue weighted by atomic mass is 9.87. The highest BCUT2D eigenvalue weighted by Gasteiger charge is 2.23. The second kappa shape index (κ2) is 7.30. The molecule has 0 aromatic carbocycles. The Morgan fingerprint density at radius 3 is 2.15 bits per heavy atom. The van der Waals surface area contributed by atoms with E-state index < -0.39 is 5.60 Å². The van der Waals surface area contributed by atoms with Gasteiger partial charge < -0.3 is 14.5 Å². The molecule has 0 bridgehead atoms. The van der Waals surface area contributed by atoms with E-state index in [0.717, 1.165) is 19.0 Å². The molecule has 0 heterocycles. The second-order valence-electron chi connectivity index (χ2n) is 7.30. The second-order valence-corrected chi connectivity index (χ2v) is 7.30. The number of amides is 1. The van der Waals surface area contributed by atoms with Gasteiger partial charge in [-0.15, -0.1) is 0 Å². The number of carbonyl (C=O) groups excluding carboxylic acids is 1. The number of likely N-dealkylation sites (N-methyl/N-ethyl adjacent to an activating group) is 2. The van der Waals surface area contributed by atoms with Gasteiger partial charge in [-0.1, -0.05) is 6.92 Å². The van der Waals surface area contributed by atoms with Crippen LogP contribution >= 0.6 is 0 Å². The molecular weight excluding hydrogens is 252 g/mol. The van der Waals surface area contributed by atoms with Crippen LogP contribution in [-0.2, 0) is 4.74 Å². The van der Waals surface area contributed by atoms with Crippen molar-refractivity contribution in [2.75, 3.05) is 27.2 Å². The summed E-state index contributed by atoms with van der Waals surface area (Å²) in [7, 11) is 3.98. The summed E-state index contributed by atoms with van der Waals surface area (Å²) in [6.07, 6.45) is 5.00. The topological polar surface area (TPSA) is 32.8 Å². The van der Waals surface area contributed by atoms with E-state index in [0.29, 0.717) is 6.04 Å². The van der Waals surface area contributed by atoms with Crippen LogP contribution in [0, 0.1) is 5.92 Å². The fourth-order valence-electron chi connectivity index (χ4n) is 2.60. The number of nitrogens with zero attached hydrogens (tertiary/aromatic N) is 2. The van der Waals surface area contributed by atoms with E-state index in [1.54, 1.807) is 4.90 Å². The van der Waals surface area contributed by atoms with Crippen LogP contribution in [0.2, 0.25) is 0 Å². The predicted octanol–water partition coefficient (Wildman–Crippen LogP) is 3.36. The Morgan fingerprint density at radius 2 is 1.65 bits per heavy atom. The molecule has 0 radical (unpaired) electrons. The van der Waals surface area contributed by atoms with Crippen molar-refractivity contribution in [3.8, 4) is 0 Å². The first-order valence-corrected chi connectivity index (χ1v) is 7.83. The minimum absolute atomic E-state index is 0.233. The maximum atomic E-state index is 11.9. The molecule has 0 spiro atoms. The van der Waals surface area contributed by atoms with E-state index in [1.165, 1.54) is 25.7 Å². The molecular formula is C16H32N2O2. The normalized spacial score (nSPS) is 23.8. The fraction of sp³-hybridized carbons (Fsp3) is 0.938. The van der Waals surface area contributed by atoms with E-state index >= 15 is 0 Å². The SMILES string of the molecule is CC1CCC(N(C)CCN(C)C(=O)OC(C)(C)C)CC1. The van der Waals surface area contributed by atoms with Gasteiger partial charge in [-0.2, -0.15) is 0 Å². The largest absolute Gasteiger partial charge is 0.444 e. The first kappa shape index (κ1) is 17.3. The molecule has 1 aliphatic rings. The van der Waals surface area contributed by atoms with E-state index in [2.05, 4.69) is 18.9 Å². The van der Waals surface area contributed by atoms with Crippen LogP contribution in [0.25, 0.3) is 0 Å². The van der Waals surface area contributed by atoms with Crippen molar-refractivity contribution < 1.29 is 9.53 Å². The molecule has 20 heavy (non-hydrogen) atoms. The lowest BCUT2D eigenvalue weighted by Crippen LogP contribution is -2.42. The summed E-state index contributed by atoms with van der Waals surface area (Å²) in [4.78, 5) is 15.9. The third kappa shape index (κ3) is 6.12. The third-order valence-electron chi connectivity index (χ3n) is 4.10. The average Bonchev–Trinajstić information content (AvgIpc) is 2.34. The molecule has 1 saturated carbocycles. The molecule has 0 unspecified atom stereocenters. The zero-order valence-corrected chi connectivity index (χ0v) is 14.1. The molecule has 4 nitrogen and oxygen atoms in total. The molecule has 1 fully saturated rings. The van der Waals surface area contributed by atoms with E-state index in [1.807, 2.05) is 27.8 Å². The average molecular weight is 284 g/mol. The zero-order valence-electron chi connectivity index (χ0n) is 14.1. The Bertz CT molecular complexity index is 304. The van der Waals surface area contributed by atoms with Crippen molar-refractivity contribution in [2.45, 2.75) is 65.0 Å². The predicted molar refractivity (Wildman–Crippen MR) is 82.9 cm³/mol. The minimum atomic E-state index is -0.420. The minimum Gasteiger partial charge on any atom is -0.444 e. The number of rotatable bonds is 4. The molecule has 4 heteroatoms. The van der Waals surface area contributed by atoms with Crippen LogP contribution < -0.4 is 0 Å². The first-order chi connectivity index (χ1) is 9.19. The van der Waals surface area contributed by atoms with Gasteiger partial charge in [0.25, 0.3) is 0 Å². The molecule has 1 rings (SSSR count). The van der Waals surface area contributed by atoms with Crippen molar-refractivity contribution in [1.29, 1.82) is 0 Å². The summed E-state index contributed by atoms with van der Waals surface area (Å²) in [6, 6.07) is 0.679. The Balaban J connectivity index is 2.29. The highest BCUT2D eigenvalue weighted by atomic mass is 16.6. The molecule has 0 N–H and O–H groups in total. The van der Waals surface area contributed by atoms with Gasteiger partial charge in [0.15, 0.2) is 0 Å². The molecule has 0 aromatic heterocycles. The van der Waals surface area contributed by atoms with Crippen molar-refractivity contribution in [2.24, 2.45) is 5.92 Å². The summed E-state index contributed by atoms with van der Waals surface area (Å²) in [5, 5.41) is 0. The Hall–Kier alpha value is -0.770. The highest BCUT2D eigenvalue weighted by molar-refractivity contribution is 5.67. The Labute approximate surface area is 124 Å². The fourth-order valence-corrected chi connectivity index (χ4v) is 2.60. The van der Waals surface area contributed by atoms with Gasteiger partial charge in [0.2, 0.25) is 0 Å². The van der Waals surface area contributed by atoms with Crippen LogP contribution in [0.4, 0.5) is 4.79 Å². The van der Waals surface area contributed by atoms with E-state index in [9.17, 15) is 4.79 Å². The van der Waals surface area contributed by atoms with Crippen LogP contribution in [0.1, 0.15) is 53.4 Å². The van der Waals surface area contributed by atoms with Crippen molar-refractivity contribution in [1.82, 2.24) is 9.80 Å². The van der Waals surface area contributed by atoms with Crippen LogP contribution in [0.15, 0.2) is 0 Å². The quantitative estimate of drug-likeness (QED) is 0.793. The molecule has 0 aromatic rings. The number of ether oxygens (including phenoxy) is 1. The van der Waals surface area contributed by atoms with E-state index in [-0.39, 0.29) is 6.09 Å². The zero-order chi connectivity index (χ0) is 15.3. The maximum Gasteiger partial charge on any atom is 0.410 e. The molecule has 0 saturated heterocycles. The maximum absolute atomic E-state index is 11.9. The van der Waals surface area contributed by atoms with Crippen LogP contribution in [0.3, 0.4) is 0 Å². The first-order valence-electron chi connectivity index (χ1n) is 7.83. The van der Waals surface area contributed by atoms with E-state index in [4.69, 9.17) is 4.74 Å². The van der Waals surface area contributed by atoms with Gasteiger partial charge in [-0.3, -0.25) is 0 Å². The highest BCUT2D eigenvalue weighted by Crippen LogP contribution is 2.26. The standard InChI is InChI=1S/C16H32N2O2/c1-13-7-9-14(10-8-13)17(5)11-12-18(6)15(19)20-16(2,3)4/h13-14H,7-12H2,1-6H3. The molecule has 0 aliphatic heterocycles. The summed E-state index contributed by atoms with van der Waals surface area (Å²) in [6.45, 7) is 9.66. The molecule has 118 valence electrons. The van der Waals surface area contributed by atoms with Crippen molar-refractivity contribution in [3.05, 3.63) is 0 Å². The van der Waals surface area contributed by atoms with Gasteiger partial charge in [0, 0.05) is 26.2 Å². The summed E-state index contributed by atoms with van der Waals surface area (Å²) in [5.41, 5.74) is -0.420. The Morgan fingerprint density at radius 1 is 1.10 bits per heavy atom. The molecule has 0 atom stereocenters.